The Morgan fingerprint density at radius 1 is 1.00 bits per heavy atom. The second-order valence-electron chi connectivity index (χ2n) is 8.27. The molecule has 0 radical (unpaired) electrons. The van der Waals surface area contributed by atoms with Crippen LogP contribution in [-0.2, 0) is 11.3 Å². The molecule has 4 heterocycles. The van der Waals surface area contributed by atoms with Gasteiger partial charge in [0.1, 0.15) is 16.9 Å². The lowest BCUT2D eigenvalue weighted by atomic mass is 10.2. The summed E-state index contributed by atoms with van der Waals surface area (Å²) in [6, 6.07) is 12.9. The fourth-order valence-corrected chi connectivity index (χ4v) is 4.40. The Hall–Kier alpha value is -3.89. The topological polar surface area (TPSA) is 117 Å². The molecule has 2 aromatic carbocycles. The number of carbonyl (C=O) groups excluding carboxylic acids is 1. The first kappa shape index (κ1) is 20.7. The SMILES string of the molecule is Nc1c(C(=O)Nc2ccc3c(c2)OCO3)c2nc3ccccc3nc2n1CCN1CCOCC1. The zero-order valence-electron chi connectivity index (χ0n) is 18.5. The third kappa shape index (κ3) is 3.66. The quantitative estimate of drug-likeness (QED) is 0.467. The van der Waals surface area contributed by atoms with Crippen LogP contribution in [0, 0.1) is 0 Å². The first-order chi connectivity index (χ1) is 16.7. The number of hydrogen-bond acceptors (Lipinski definition) is 8. The molecule has 0 atom stereocenters. The maximum absolute atomic E-state index is 13.4. The highest BCUT2D eigenvalue weighted by Gasteiger charge is 2.25. The van der Waals surface area contributed by atoms with Crippen LogP contribution in [0.25, 0.3) is 22.2 Å². The summed E-state index contributed by atoms with van der Waals surface area (Å²) in [5.41, 5.74) is 10.0. The Bertz CT molecular complexity index is 1400. The van der Waals surface area contributed by atoms with Crippen molar-refractivity contribution >= 4 is 39.6 Å². The van der Waals surface area contributed by atoms with Gasteiger partial charge in [-0.2, -0.15) is 0 Å². The number of nitrogens with two attached hydrogens (primary N) is 1. The molecule has 1 saturated heterocycles. The summed E-state index contributed by atoms with van der Waals surface area (Å²) in [5.74, 6) is 1.23. The lowest BCUT2D eigenvalue weighted by Gasteiger charge is -2.26. The number of anilines is 2. The minimum absolute atomic E-state index is 0.166. The van der Waals surface area contributed by atoms with Crippen molar-refractivity contribution in [3.05, 3.63) is 48.0 Å². The average Bonchev–Trinajstić information content (AvgIpc) is 3.43. The number of nitrogens with one attached hydrogen (secondary N) is 1. The molecule has 3 N–H and O–H groups in total. The van der Waals surface area contributed by atoms with Crippen LogP contribution < -0.4 is 20.5 Å². The van der Waals surface area contributed by atoms with Crippen LogP contribution in [0.15, 0.2) is 42.5 Å². The Morgan fingerprint density at radius 3 is 2.59 bits per heavy atom. The van der Waals surface area contributed by atoms with Gasteiger partial charge in [0.2, 0.25) is 6.79 Å². The highest BCUT2D eigenvalue weighted by atomic mass is 16.7. The first-order valence-electron chi connectivity index (χ1n) is 11.2. The number of benzene rings is 2. The standard InChI is InChI=1S/C24H24N6O4/c25-22-20(24(31)26-15-5-6-18-19(13-15)34-14-33-18)21-23(28-17-4-2-1-3-16(17)27-21)30(22)8-7-29-9-11-32-12-10-29/h1-6,13H,7-12,14,25H2,(H,26,31). The molecule has 174 valence electrons. The Labute approximate surface area is 195 Å². The molecule has 0 saturated carbocycles. The molecule has 6 rings (SSSR count). The van der Waals surface area contributed by atoms with Crippen molar-refractivity contribution in [1.29, 1.82) is 0 Å². The fourth-order valence-electron chi connectivity index (χ4n) is 4.40. The molecule has 10 heteroatoms. The number of rotatable bonds is 5. The molecule has 2 aliphatic rings. The van der Waals surface area contributed by atoms with Crippen molar-refractivity contribution in [3.8, 4) is 11.5 Å². The van der Waals surface area contributed by atoms with Crippen LogP contribution in [0.4, 0.5) is 11.5 Å². The predicted octanol–water partition coefficient (Wildman–Crippen LogP) is 2.48. The summed E-state index contributed by atoms with van der Waals surface area (Å²) < 4.78 is 18.1. The number of para-hydroxylation sites is 2. The van der Waals surface area contributed by atoms with E-state index in [9.17, 15) is 4.79 Å². The molecule has 4 aromatic rings. The van der Waals surface area contributed by atoms with E-state index in [1.54, 1.807) is 18.2 Å². The molecule has 10 nitrogen and oxygen atoms in total. The Balaban J connectivity index is 1.38. The second kappa shape index (κ2) is 8.47. The van der Waals surface area contributed by atoms with Crippen molar-refractivity contribution in [2.45, 2.75) is 6.54 Å². The number of nitrogens with zero attached hydrogens (tertiary/aromatic N) is 4. The van der Waals surface area contributed by atoms with Gasteiger partial charge in [0.25, 0.3) is 5.91 Å². The third-order valence-corrected chi connectivity index (χ3v) is 6.19. The van der Waals surface area contributed by atoms with Gasteiger partial charge in [-0.3, -0.25) is 9.69 Å². The van der Waals surface area contributed by atoms with E-state index in [-0.39, 0.29) is 12.7 Å². The number of aromatic nitrogens is 3. The molecule has 0 spiro atoms. The zero-order valence-corrected chi connectivity index (χ0v) is 18.5. The number of amides is 1. The maximum Gasteiger partial charge on any atom is 0.261 e. The van der Waals surface area contributed by atoms with Crippen molar-refractivity contribution in [3.63, 3.8) is 0 Å². The predicted molar refractivity (Wildman–Crippen MR) is 127 cm³/mol. The van der Waals surface area contributed by atoms with Crippen LogP contribution in [0.3, 0.4) is 0 Å². The van der Waals surface area contributed by atoms with Gasteiger partial charge in [-0.1, -0.05) is 12.1 Å². The molecule has 34 heavy (non-hydrogen) atoms. The van der Waals surface area contributed by atoms with Gasteiger partial charge in [0, 0.05) is 37.9 Å². The highest BCUT2D eigenvalue weighted by Crippen LogP contribution is 2.35. The van der Waals surface area contributed by atoms with Crippen molar-refractivity contribution < 1.29 is 19.0 Å². The number of morpholine rings is 1. The van der Waals surface area contributed by atoms with Gasteiger partial charge in [0.05, 0.1) is 24.2 Å². The van der Waals surface area contributed by atoms with E-state index in [1.807, 2.05) is 28.8 Å². The van der Waals surface area contributed by atoms with Crippen LogP contribution in [0.2, 0.25) is 0 Å². The normalized spacial score (nSPS) is 15.8. The lowest BCUT2D eigenvalue weighted by molar-refractivity contribution is 0.0366. The van der Waals surface area contributed by atoms with E-state index in [0.29, 0.717) is 51.8 Å². The monoisotopic (exact) mass is 460 g/mol. The number of hydrogen-bond donors (Lipinski definition) is 2. The Morgan fingerprint density at radius 2 is 1.76 bits per heavy atom. The van der Waals surface area contributed by atoms with E-state index in [2.05, 4.69) is 10.2 Å². The van der Waals surface area contributed by atoms with Crippen molar-refractivity contribution in [2.24, 2.45) is 0 Å². The molecule has 0 aliphatic carbocycles. The number of carbonyl (C=O) groups is 1. The number of fused-ring (bicyclic) bond motifs is 3. The lowest BCUT2D eigenvalue weighted by Crippen LogP contribution is -2.38. The summed E-state index contributed by atoms with van der Waals surface area (Å²) in [6.45, 7) is 4.70. The van der Waals surface area contributed by atoms with Gasteiger partial charge in [-0.15, -0.1) is 0 Å². The summed E-state index contributed by atoms with van der Waals surface area (Å²) in [6.07, 6.45) is 0. The van der Waals surface area contributed by atoms with Gasteiger partial charge >= 0.3 is 0 Å². The van der Waals surface area contributed by atoms with Gasteiger partial charge in [-0.05, 0) is 24.3 Å². The van der Waals surface area contributed by atoms with Crippen molar-refractivity contribution in [1.82, 2.24) is 19.4 Å². The number of nitrogen functional groups attached to an aromatic ring is 1. The zero-order chi connectivity index (χ0) is 23.1. The first-order valence-corrected chi connectivity index (χ1v) is 11.2. The summed E-state index contributed by atoms with van der Waals surface area (Å²) in [7, 11) is 0. The van der Waals surface area contributed by atoms with E-state index >= 15 is 0 Å². The van der Waals surface area contributed by atoms with Crippen LogP contribution >= 0.6 is 0 Å². The highest BCUT2D eigenvalue weighted by molar-refractivity contribution is 6.16. The smallest absolute Gasteiger partial charge is 0.261 e. The molecule has 2 aliphatic heterocycles. The van der Waals surface area contributed by atoms with E-state index in [0.717, 1.165) is 38.4 Å². The molecule has 0 bridgehead atoms. The molecular formula is C24H24N6O4. The van der Waals surface area contributed by atoms with E-state index < -0.39 is 0 Å². The summed E-state index contributed by atoms with van der Waals surface area (Å²) in [5, 5.41) is 2.93. The van der Waals surface area contributed by atoms with Gasteiger partial charge < -0.3 is 29.8 Å². The van der Waals surface area contributed by atoms with Crippen LogP contribution in [0.1, 0.15) is 10.4 Å². The largest absolute Gasteiger partial charge is 0.454 e. The maximum atomic E-state index is 13.4. The minimum Gasteiger partial charge on any atom is -0.454 e. The molecular weight excluding hydrogens is 436 g/mol. The van der Waals surface area contributed by atoms with Crippen LogP contribution in [-0.4, -0.2) is 65.0 Å². The number of ether oxygens (including phenoxy) is 3. The molecule has 1 amide bonds. The van der Waals surface area contributed by atoms with E-state index in [1.165, 1.54) is 0 Å². The van der Waals surface area contributed by atoms with Gasteiger partial charge in [0.15, 0.2) is 17.1 Å². The average molecular weight is 460 g/mol. The van der Waals surface area contributed by atoms with E-state index in [4.69, 9.17) is 29.9 Å². The second-order valence-corrected chi connectivity index (χ2v) is 8.27. The molecule has 1 fully saturated rings. The fraction of sp³-hybridized carbons (Fsp3) is 0.292. The summed E-state index contributed by atoms with van der Waals surface area (Å²) in [4.78, 5) is 25.3. The third-order valence-electron chi connectivity index (χ3n) is 6.19. The van der Waals surface area contributed by atoms with Gasteiger partial charge in [-0.25, -0.2) is 9.97 Å². The van der Waals surface area contributed by atoms with Crippen LogP contribution in [0.5, 0.6) is 11.5 Å². The minimum atomic E-state index is -0.351. The summed E-state index contributed by atoms with van der Waals surface area (Å²) >= 11 is 0. The Kier molecular flexibility index (Phi) is 5.16. The molecule has 2 aromatic heterocycles. The van der Waals surface area contributed by atoms with Crippen molar-refractivity contribution in [2.75, 3.05) is 50.7 Å². The molecule has 0 unspecified atom stereocenters.